The van der Waals surface area contributed by atoms with Crippen LogP contribution in [0.4, 0.5) is 0 Å². The molecule has 8 heteroatoms. The first-order chi connectivity index (χ1) is 13.5. The molecule has 2 fully saturated rings. The molecule has 2 aliphatic heterocycles. The van der Waals surface area contributed by atoms with Crippen molar-refractivity contribution in [1.82, 2.24) is 20.4 Å². The van der Waals surface area contributed by atoms with Crippen LogP contribution in [0.25, 0.3) is 0 Å². The summed E-state index contributed by atoms with van der Waals surface area (Å²) in [6.07, 6.45) is 2.89. The van der Waals surface area contributed by atoms with E-state index < -0.39 is 0 Å². The Balaban J connectivity index is 0.00000420. The maximum absolute atomic E-state index is 12.5. The second-order valence-corrected chi connectivity index (χ2v) is 8.44. The number of guanidine groups is 1. The molecule has 0 bridgehead atoms. The summed E-state index contributed by atoms with van der Waals surface area (Å²) in [5.74, 6) is 2.22. The van der Waals surface area contributed by atoms with Crippen LogP contribution in [0.3, 0.4) is 0 Å². The van der Waals surface area contributed by atoms with Gasteiger partial charge in [-0.2, -0.15) is 0 Å². The molecule has 1 amide bonds. The SMILES string of the molecule is CCNC(=NCC(C(C)C)N1CCOCC1)NCCC(=O)N1CCCC(C)C1.I. The van der Waals surface area contributed by atoms with Gasteiger partial charge in [0.2, 0.25) is 5.91 Å². The first kappa shape index (κ1) is 26.4. The van der Waals surface area contributed by atoms with Gasteiger partial charge in [-0.05, 0) is 31.6 Å². The smallest absolute Gasteiger partial charge is 0.224 e. The van der Waals surface area contributed by atoms with E-state index in [4.69, 9.17) is 9.73 Å². The quantitative estimate of drug-likeness (QED) is 0.290. The minimum Gasteiger partial charge on any atom is -0.379 e. The molecule has 2 rings (SSSR count). The Morgan fingerprint density at radius 3 is 2.55 bits per heavy atom. The third-order valence-electron chi connectivity index (χ3n) is 5.71. The van der Waals surface area contributed by atoms with Crippen LogP contribution in [0.2, 0.25) is 0 Å². The molecule has 2 unspecified atom stereocenters. The predicted octanol–water partition coefficient (Wildman–Crippen LogP) is 2.16. The highest BCUT2D eigenvalue weighted by atomic mass is 127. The first-order valence-electron chi connectivity index (χ1n) is 11.1. The van der Waals surface area contributed by atoms with Crippen molar-refractivity contribution in [2.45, 2.75) is 53.0 Å². The Labute approximate surface area is 194 Å². The number of morpholine rings is 1. The minimum atomic E-state index is 0. The third kappa shape index (κ3) is 9.38. The number of aliphatic imine (C=N–C) groups is 1. The van der Waals surface area contributed by atoms with E-state index >= 15 is 0 Å². The first-order valence-corrected chi connectivity index (χ1v) is 11.1. The predicted molar refractivity (Wildman–Crippen MR) is 130 cm³/mol. The van der Waals surface area contributed by atoms with E-state index in [0.717, 1.165) is 64.9 Å². The fourth-order valence-electron chi connectivity index (χ4n) is 4.05. The summed E-state index contributed by atoms with van der Waals surface area (Å²) >= 11 is 0. The van der Waals surface area contributed by atoms with Gasteiger partial charge in [-0.1, -0.05) is 20.8 Å². The third-order valence-corrected chi connectivity index (χ3v) is 5.71. The lowest BCUT2D eigenvalue weighted by Crippen LogP contribution is -2.48. The van der Waals surface area contributed by atoms with E-state index in [1.54, 1.807) is 0 Å². The Kier molecular flexibility index (Phi) is 13.1. The van der Waals surface area contributed by atoms with Gasteiger partial charge in [-0.15, -0.1) is 24.0 Å². The Morgan fingerprint density at radius 1 is 1.21 bits per heavy atom. The van der Waals surface area contributed by atoms with Crippen molar-refractivity contribution in [2.75, 3.05) is 59.0 Å². The van der Waals surface area contributed by atoms with E-state index in [1.807, 2.05) is 4.90 Å². The van der Waals surface area contributed by atoms with E-state index in [-0.39, 0.29) is 29.9 Å². The molecular weight excluding hydrogens is 481 g/mol. The summed E-state index contributed by atoms with van der Waals surface area (Å²) in [6.45, 7) is 16.4. The van der Waals surface area contributed by atoms with Crippen LogP contribution in [-0.2, 0) is 9.53 Å². The van der Waals surface area contributed by atoms with Gasteiger partial charge in [0.25, 0.3) is 0 Å². The number of carbonyl (C=O) groups is 1. The van der Waals surface area contributed by atoms with Crippen molar-refractivity contribution in [2.24, 2.45) is 16.8 Å². The molecule has 7 nitrogen and oxygen atoms in total. The van der Waals surface area contributed by atoms with Gasteiger partial charge in [0.1, 0.15) is 0 Å². The summed E-state index contributed by atoms with van der Waals surface area (Å²) < 4.78 is 5.49. The van der Waals surface area contributed by atoms with Crippen LogP contribution in [0.1, 0.15) is 47.0 Å². The van der Waals surface area contributed by atoms with Crippen molar-refractivity contribution in [3.8, 4) is 0 Å². The molecule has 2 atom stereocenters. The van der Waals surface area contributed by atoms with Gasteiger partial charge < -0.3 is 20.3 Å². The molecule has 2 N–H and O–H groups in total. The van der Waals surface area contributed by atoms with Crippen LogP contribution >= 0.6 is 24.0 Å². The topological polar surface area (TPSA) is 69.2 Å². The van der Waals surface area contributed by atoms with E-state index in [2.05, 4.69) is 43.2 Å². The molecule has 2 saturated heterocycles. The minimum absolute atomic E-state index is 0. The van der Waals surface area contributed by atoms with Crippen molar-refractivity contribution in [1.29, 1.82) is 0 Å². The number of hydrogen-bond acceptors (Lipinski definition) is 4. The number of rotatable bonds is 8. The average molecular weight is 524 g/mol. The fraction of sp³-hybridized carbons (Fsp3) is 0.905. The second kappa shape index (κ2) is 14.4. The van der Waals surface area contributed by atoms with E-state index in [0.29, 0.717) is 30.8 Å². The van der Waals surface area contributed by atoms with E-state index in [9.17, 15) is 4.79 Å². The highest BCUT2D eigenvalue weighted by Crippen LogP contribution is 2.16. The molecule has 2 heterocycles. The van der Waals surface area contributed by atoms with E-state index in [1.165, 1.54) is 6.42 Å². The highest BCUT2D eigenvalue weighted by Gasteiger charge is 2.24. The largest absolute Gasteiger partial charge is 0.379 e. The van der Waals surface area contributed by atoms with Crippen LogP contribution in [0, 0.1) is 11.8 Å². The van der Waals surface area contributed by atoms with Crippen LogP contribution in [0.15, 0.2) is 4.99 Å². The lowest BCUT2D eigenvalue weighted by atomic mass is 10.00. The molecular formula is C21H42IN5O2. The van der Waals surface area contributed by atoms with Gasteiger partial charge in [0.05, 0.1) is 19.8 Å². The maximum atomic E-state index is 12.5. The normalized spacial score (nSPS) is 22.2. The van der Waals surface area contributed by atoms with Gasteiger partial charge in [0, 0.05) is 51.7 Å². The summed E-state index contributed by atoms with van der Waals surface area (Å²) in [4.78, 5) is 21.8. The highest BCUT2D eigenvalue weighted by molar-refractivity contribution is 14.0. The lowest BCUT2D eigenvalue weighted by Gasteiger charge is -2.36. The number of amides is 1. The van der Waals surface area contributed by atoms with Crippen molar-refractivity contribution >= 4 is 35.8 Å². The number of nitrogens with zero attached hydrogens (tertiary/aromatic N) is 3. The molecule has 0 radical (unpaired) electrons. The number of piperidine rings is 1. The molecule has 0 spiro atoms. The standard InChI is InChI=1S/C21H41N5O2.HI/c1-5-22-21(23-9-8-20(27)26-10-6-7-18(4)16-26)24-15-19(17(2)3)25-11-13-28-14-12-25;/h17-19H,5-16H2,1-4H3,(H2,22,23,24);1H. The Morgan fingerprint density at radius 2 is 1.93 bits per heavy atom. The second-order valence-electron chi connectivity index (χ2n) is 8.44. The summed E-state index contributed by atoms with van der Waals surface area (Å²) in [5, 5.41) is 6.66. The fourth-order valence-corrected chi connectivity index (χ4v) is 4.05. The number of carbonyl (C=O) groups excluding carboxylic acids is 1. The number of ether oxygens (including phenoxy) is 1. The van der Waals surface area contributed by atoms with Gasteiger partial charge in [0.15, 0.2) is 5.96 Å². The number of halogens is 1. The van der Waals surface area contributed by atoms with Crippen LogP contribution < -0.4 is 10.6 Å². The van der Waals surface area contributed by atoms with Crippen molar-refractivity contribution in [3.05, 3.63) is 0 Å². The zero-order valence-corrected chi connectivity index (χ0v) is 21.1. The number of nitrogens with one attached hydrogen (secondary N) is 2. The van der Waals surface area contributed by atoms with Crippen LogP contribution in [0.5, 0.6) is 0 Å². The monoisotopic (exact) mass is 523 g/mol. The summed E-state index contributed by atoms with van der Waals surface area (Å²) in [5.41, 5.74) is 0. The molecule has 2 aliphatic rings. The molecule has 0 aromatic carbocycles. The number of hydrogen-bond donors (Lipinski definition) is 2. The van der Waals surface area contributed by atoms with Gasteiger partial charge in [-0.3, -0.25) is 14.7 Å². The molecule has 0 aromatic heterocycles. The molecule has 0 saturated carbocycles. The maximum Gasteiger partial charge on any atom is 0.224 e. The molecule has 0 aliphatic carbocycles. The zero-order valence-electron chi connectivity index (χ0n) is 18.8. The average Bonchev–Trinajstić information content (AvgIpc) is 2.68. The number of likely N-dealkylation sites (tertiary alicyclic amines) is 1. The van der Waals surface area contributed by atoms with Crippen molar-refractivity contribution in [3.63, 3.8) is 0 Å². The molecule has 170 valence electrons. The van der Waals surface area contributed by atoms with Crippen LogP contribution in [-0.4, -0.2) is 86.7 Å². The summed E-state index contributed by atoms with van der Waals surface area (Å²) in [6, 6.07) is 0.413. The Bertz CT molecular complexity index is 497. The van der Waals surface area contributed by atoms with Gasteiger partial charge >= 0.3 is 0 Å². The van der Waals surface area contributed by atoms with Crippen molar-refractivity contribution < 1.29 is 9.53 Å². The molecule has 29 heavy (non-hydrogen) atoms. The lowest BCUT2D eigenvalue weighted by molar-refractivity contribution is -0.132. The Hall–Kier alpha value is -0.610. The molecule has 0 aromatic rings. The van der Waals surface area contributed by atoms with Gasteiger partial charge in [-0.25, -0.2) is 0 Å². The summed E-state index contributed by atoms with van der Waals surface area (Å²) in [7, 11) is 0. The zero-order chi connectivity index (χ0) is 20.4.